The summed E-state index contributed by atoms with van der Waals surface area (Å²) in [5, 5.41) is 12.0. The van der Waals surface area contributed by atoms with Gasteiger partial charge in [-0.05, 0) is 13.3 Å². The molecule has 1 aliphatic heterocycles. The van der Waals surface area contributed by atoms with E-state index in [1.807, 2.05) is 0 Å². The molecule has 0 aliphatic carbocycles. The number of likely N-dealkylation sites (tertiary alicyclic amines) is 1. The number of aryl methyl sites for hydroxylation is 1. The number of carbonyl (C=O) groups excluding carboxylic acids is 1. The second kappa shape index (κ2) is 6.68. The fourth-order valence-electron chi connectivity index (χ4n) is 2.39. The highest BCUT2D eigenvalue weighted by molar-refractivity contribution is 5.78. The first-order valence-electron chi connectivity index (χ1n) is 6.98. The predicted molar refractivity (Wildman–Crippen MR) is 73.5 cm³/mol. The Labute approximate surface area is 114 Å². The zero-order valence-corrected chi connectivity index (χ0v) is 11.5. The molecule has 1 unspecified atom stereocenters. The number of nitrogens with two attached hydrogens (primary N) is 1. The van der Waals surface area contributed by atoms with Crippen molar-refractivity contribution < 1.29 is 15.2 Å². The summed E-state index contributed by atoms with van der Waals surface area (Å²) in [5.74, 6) is 0.178. The molecule has 104 valence electrons. The van der Waals surface area contributed by atoms with Crippen LogP contribution in [0.15, 0.2) is 24.3 Å². The highest BCUT2D eigenvalue weighted by atomic mass is 16.3. The second-order valence-electron chi connectivity index (χ2n) is 5.31. The molecule has 3 N–H and O–H groups in total. The number of β-amino-alcohol motifs (C(OH)–C–C–N with tert-alkyl or cyclic N) is 1. The summed E-state index contributed by atoms with van der Waals surface area (Å²) in [6.07, 6.45) is 1.13. The van der Waals surface area contributed by atoms with Crippen LogP contribution in [-0.2, 0) is 11.3 Å². The van der Waals surface area contributed by atoms with E-state index in [1.54, 1.807) is 4.90 Å². The van der Waals surface area contributed by atoms with E-state index in [-0.39, 0.29) is 5.91 Å². The lowest BCUT2D eigenvalue weighted by molar-refractivity contribution is -0.676. The van der Waals surface area contributed by atoms with Crippen molar-refractivity contribution in [1.29, 1.82) is 0 Å². The summed E-state index contributed by atoms with van der Waals surface area (Å²) in [5.41, 5.74) is 2.52. The number of benzene rings is 1. The molecule has 0 saturated carbocycles. The Balaban J connectivity index is 1.67. The number of amides is 1. The predicted octanol–water partition coefficient (Wildman–Crippen LogP) is 0.0417. The van der Waals surface area contributed by atoms with Crippen LogP contribution < -0.4 is 5.32 Å². The van der Waals surface area contributed by atoms with E-state index >= 15 is 0 Å². The van der Waals surface area contributed by atoms with Gasteiger partial charge in [-0.1, -0.05) is 29.8 Å². The lowest BCUT2D eigenvalue weighted by atomic mass is 10.1. The first kappa shape index (κ1) is 14.0. The van der Waals surface area contributed by atoms with Crippen molar-refractivity contribution in [2.45, 2.75) is 32.4 Å². The first-order valence-corrected chi connectivity index (χ1v) is 6.98. The molecule has 19 heavy (non-hydrogen) atoms. The van der Waals surface area contributed by atoms with Crippen LogP contribution in [0, 0.1) is 6.92 Å². The van der Waals surface area contributed by atoms with Gasteiger partial charge in [-0.2, -0.15) is 0 Å². The molecule has 1 saturated heterocycles. The van der Waals surface area contributed by atoms with Crippen LogP contribution in [0.1, 0.15) is 24.0 Å². The minimum atomic E-state index is -0.438. The molecule has 1 atom stereocenters. The summed E-state index contributed by atoms with van der Waals surface area (Å²) < 4.78 is 0. The molecule has 1 aliphatic rings. The lowest BCUT2D eigenvalue weighted by Crippen LogP contribution is -2.85. The Kier molecular flexibility index (Phi) is 4.93. The fraction of sp³-hybridized carbons (Fsp3) is 0.533. The van der Waals surface area contributed by atoms with Crippen LogP contribution in [-0.4, -0.2) is 41.7 Å². The number of aliphatic hydroxyl groups is 1. The normalized spacial score (nSPS) is 16.9. The Morgan fingerprint density at radius 2 is 2.11 bits per heavy atom. The largest absolute Gasteiger partial charge is 0.385 e. The molecular formula is C15H23N2O2+. The van der Waals surface area contributed by atoms with Crippen LogP contribution in [0.25, 0.3) is 0 Å². The second-order valence-corrected chi connectivity index (χ2v) is 5.31. The van der Waals surface area contributed by atoms with Crippen molar-refractivity contribution >= 4 is 5.91 Å². The highest BCUT2D eigenvalue weighted by Crippen LogP contribution is 2.09. The van der Waals surface area contributed by atoms with E-state index in [0.717, 1.165) is 19.5 Å². The summed E-state index contributed by atoms with van der Waals surface area (Å²) >= 11 is 0. The van der Waals surface area contributed by atoms with E-state index in [2.05, 4.69) is 36.5 Å². The number of hydrogen-bond acceptors (Lipinski definition) is 2. The molecule has 1 aromatic carbocycles. The minimum absolute atomic E-state index is 0.178. The number of aliphatic hydroxyl groups excluding tert-OH is 1. The van der Waals surface area contributed by atoms with Crippen molar-refractivity contribution in [3.05, 3.63) is 35.4 Å². The third kappa shape index (κ3) is 4.33. The average Bonchev–Trinajstić information content (AvgIpc) is 2.78. The van der Waals surface area contributed by atoms with Crippen LogP contribution >= 0.6 is 0 Å². The molecular weight excluding hydrogens is 240 g/mol. The van der Waals surface area contributed by atoms with Gasteiger partial charge in [0.25, 0.3) is 0 Å². The van der Waals surface area contributed by atoms with Gasteiger partial charge < -0.3 is 15.3 Å². The fourth-order valence-corrected chi connectivity index (χ4v) is 2.39. The zero-order chi connectivity index (χ0) is 13.7. The number of nitrogens with zero attached hydrogens (tertiary/aromatic N) is 1. The molecule has 1 fully saturated rings. The quantitative estimate of drug-likeness (QED) is 0.761. The molecule has 0 aromatic heterocycles. The molecule has 1 amide bonds. The molecule has 4 heteroatoms. The maximum absolute atomic E-state index is 11.4. The average molecular weight is 263 g/mol. The summed E-state index contributed by atoms with van der Waals surface area (Å²) in [6.45, 7) is 4.85. The molecule has 2 rings (SSSR count). The summed E-state index contributed by atoms with van der Waals surface area (Å²) in [4.78, 5) is 13.2. The van der Waals surface area contributed by atoms with Gasteiger partial charge in [-0.3, -0.25) is 4.79 Å². The molecule has 0 radical (unpaired) electrons. The van der Waals surface area contributed by atoms with E-state index in [1.165, 1.54) is 11.1 Å². The summed E-state index contributed by atoms with van der Waals surface area (Å²) in [6, 6.07) is 8.43. The van der Waals surface area contributed by atoms with E-state index < -0.39 is 6.10 Å². The van der Waals surface area contributed by atoms with Crippen molar-refractivity contribution in [2.75, 3.05) is 19.6 Å². The van der Waals surface area contributed by atoms with Crippen LogP contribution in [0.4, 0.5) is 0 Å². The highest BCUT2D eigenvalue weighted by Gasteiger charge is 2.22. The smallest absolute Gasteiger partial charge is 0.222 e. The maximum Gasteiger partial charge on any atom is 0.222 e. The van der Waals surface area contributed by atoms with Crippen LogP contribution in [0.5, 0.6) is 0 Å². The third-order valence-corrected chi connectivity index (χ3v) is 3.54. The van der Waals surface area contributed by atoms with E-state index in [0.29, 0.717) is 19.5 Å². The lowest BCUT2D eigenvalue weighted by Gasteiger charge is -2.18. The van der Waals surface area contributed by atoms with Crippen molar-refractivity contribution in [1.82, 2.24) is 4.90 Å². The molecule has 1 aromatic rings. The number of rotatable bonds is 6. The van der Waals surface area contributed by atoms with Crippen LogP contribution in [0.3, 0.4) is 0 Å². The van der Waals surface area contributed by atoms with Gasteiger partial charge in [0.15, 0.2) is 0 Å². The monoisotopic (exact) mass is 263 g/mol. The van der Waals surface area contributed by atoms with Gasteiger partial charge in [-0.25, -0.2) is 0 Å². The van der Waals surface area contributed by atoms with Crippen molar-refractivity contribution in [2.24, 2.45) is 0 Å². The van der Waals surface area contributed by atoms with Gasteiger partial charge in [0.05, 0.1) is 6.54 Å². The number of quaternary nitrogens is 1. The van der Waals surface area contributed by atoms with Gasteiger partial charge in [-0.15, -0.1) is 0 Å². The molecule has 0 spiro atoms. The Hall–Kier alpha value is -1.39. The van der Waals surface area contributed by atoms with Gasteiger partial charge in [0, 0.05) is 18.5 Å². The molecule has 0 bridgehead atoms. The van der Waals surface area contributed by atoms with Crippen molar-refractivity contribution in [3.8, 4) is 0 Å². The van der Waals surface area contributed by atoms with E-state index in [4.69, 9.17) is 0 Å². The maximum atomic E-state index is 11.4. The topological polar surface area (TPSA) is 57.2 Å². The SMILES string of the molecule is Cc1ccc(C[NH2+]CC(O)CN2CCCC2=O)cc1. The molecule has 4 nitrogen and oxygen atoms in total. The van der Waals surface area contributed by atoms with Gasteiger partial charge in [0.2, 0.25) is 5.91 Å². The Morgan fingerprint density at radius 3 is 2.74 bits per heavy atom. The third-order valence-electron chi connectivity index (χ3n) is 3.54. The van der Waals surface area contributed by atoms with Gasteiger partial charge in [0.1, 0.15) is 19.2 Å². The molecule has 1 heterocycles. The van der Waals surface area contributed by atoms with E-state index in [9.17, 15) is 9.90 Å². The zero-order valence-electron chi connectivity index (χ0n) is 11.5. The Bertz CT molecular complexity index is 417. The standard InChI is InChI=1S/C15H22N2O2/c1-12-4-6-13(7-5-12)9-16-10-14(18)11-17-8-2-3-15(17)19/h4-7,14,16,18H,2-3,8-11H2,1H3/p+1. The van der Waals surface area contributed by atoms with Crippen LogP contribution in [0.2, 0.25) is 0 Å². The van der Waals surface area contributed by atoms with Crippen molar-refractivity contribution in [3.63, 3.8) is 0 Å². The number of hydrogen-bond donors (Lipinski definition) is 2. The Morgan fingerprint density at radius 1 is 1.37 bits per heavy atom. The minimum Gasteiger partial charge on any atom is -0.385 e. The van der Waals surface area contributed by atoms with Gasteiger partial charge >= 0.3 is 0 Å². The first-order chi connectivity index (χ1) is 9.15. The summed E-state index contributed by atoms with van der Waals surface area (Å²) in [7, 11) is 0. The number of carbonyl (C=O) groups is 1.